The third-order valence-corrected chi connectivity index (χ3v) is 5.04. The van der Waals surface area contributed by atoms with E-state index < -0.39 is 0 Å². The molecule has 1 aromatic carbocycles. The van der Waals surface area contributed by atoms with Crippen LogP contribution in [-0.4, -0.2) is 16.0 Å². The van der Waals surface area contributed by atoms with Gasteiger partial charge in [-0.05, 0) is 37.3 Å². The van der Waals surface area contributed by atoms with E-state index in [1.54, 1.807) is 17.7 Å². The Labute approximate surface area is 141 Å². The average Bonchev–Trinajstić information content (AvgIpc) is 2.99. The van der Waals surface area contributed by atoms with Crippen molar-refractivity contribution in [1.29, 1.82) is 0 Å². The number of rotatable bonds is 6. The van der Waals surface area contributed by atoms with Gasteiger partial charge in [-0.15, -0.1) is 11.3 Å². The van der Waals surface area contributed by atoms with Gasteiger partial charge in [0.2, 0.25) is 0 Å². The standard InChI is InChI=1S/C19H23N3S/c1-13(2)9-10-14(3)22-18-16-11-17(15-7-5-4-6-8-15)23-19(16)21-12-20-18/h4-8,11-14H,9-10H2,1-3H3,(H,20,21,22). The van der Waals surface area contributed by atoms with Gasteiger partial charge in [0.1, 0.15) is 17.0 Å². The number of aromatic nitrogens is 2. The lowest BCUT2D eigenvalue weighted by atomic mass is 10.0. The lowest BCUT2D eigenvalue weighted by molar-refractivity contribution is 0.527. The van der Waals surface area contributed by atoms with Crippen LogP contribution in [0.3, 0.4) is 0 Å². The second-order valence-electron chi connectivity index (χ2n) is 6.43. The zero-order chi connectivity index (χ0) is 16.2. The Morgan fingerprint density at radius 2 is 1.83 bits per heavy atom. The number of benzene rings is 1. The highest BCUT2D eigenvalue weighted by Gasteiger charge is 2.12. The summed E-state index contributed by atoms with van der Waals surface area (Å²) in [5.74, 6) is 1.68. The van der Waals surface area contributed by atoms with Gasteiger partial charge in [-0.2, -0.15) is 0 Å². The van der Waals surface area contributed by atoms with Crippen molar-refractivity contribution >= 4 is 27.4 Å². The molecule has 2 aromatic heterocycles. The van der Waals surface area contributed by atoms with Crippen molar-refractivity contribution in [2.24, 2.45) is 5.92 Å². The fourth-order valence-electron chi connectivity index (χ4n) is 2.60. The highest BCUT2D eigenvalue weighted by atomic mass is 32.1. The Bertz CT molecular complexity index is 765. The second kappa shape index (κ2) is 7.09. The second-order valence-corrected chi connectivity index (χ2v) is 7.47. The topological polar surface area (TPSA) is 37.8 Å². The van der Waals surface area contributed by atoms with E-state index >= 15 is 0 Å². The van der Waals surface area contributed by atoms with Crippen molar-refractivity contribution in [2.75, 3.05) is 5.32 Å². The molecule has 0 fully saturated rings. The smallest absolute Gasteiger partial charge is 0.138 e. The van der Waals surface area contributed by atoms with Crippen LogP contribution in [0.5, 0.6) is 0 Å². The quantitative estimate of drug-likeness (QED) is 0.641. The predicted octanol–water partition coefficient (Wildman–Crippen LogP) is 5.59. The Balaban J connectivity index is 1.85. The van der Waals surface area contributed by atoms with Gasteiger partial charge in [-0.3, -0.25) is 0 Å². The minimum absolute atomic E-state index is 0.413. The molecule has 1 unspecified atom stereocenters. The molecule has 0 aliphatic carbocycles. The predicted molar refractivity (Wildman–Crippen MR) is 100 cm³/mol. The lowest BCUT2D eigenvalue weighted by Crippen LogP contribution is -2.16. The molecule has 3 aromatic rings. The van der Waals surface area contributed by atoms with Crippen LogP contribution in [0.4, 0.5) is 5.82 Å². The summed E-state index contributed by atoms with van der Waals surface area (Å²) < 4.78 is 0. The Hall–Kier alpha value is -1.94. The molecule has 4 heteroatoms. The van der Waals surface area contributed by atoms with Gasteiger partial charge >= 0.3 is 0 Å². The molecule has 0 aliphatic heterocycles. The van der Waals surface area contributed by atoms with Crippen molar-refractivity contribution in [3.63, 3.8) is 0 Å². The third-order valence-electron chi connectivity index (χ3n) is 3.95. The van der Waals surface area contributed by atoms with Crippen molar-refractivity contribution in [1.82, 2.24) is 9.97 Å². The first-order valence-electron chi connectivity index (χ1n) is 8.20. The normalized spacial score (nSPS) is 12.7. The summed E-state index contributed by atoms with van der Waals surface area (Å²) in [6, 6.07) is 13.1. The number of thiophene rings is 1. The van der Waals surface area contributed by atoms with Crippen molar-refractivity contribution in [3.05, 3.63) is 42.7 Å². The van der Waals surface area contributed by atoms with E-state index in [1.165, 1.54) is 16.9 Å². The van der Waals surface area contributed by atoms with E-state index in [0.717, 1.165) is 28.4 Å². The van der Waals surface area contributed by atoms with Crippen LogP contribution in [0, 0.1) is 5.92 Å². The highest BCUT2D eigenvalue weighted by Crippen LogP contribution is 2.35. The minimum Gasteiger partial charge on any atom is -0.367 e. The van der Waals surface area contributed by atoms with Gasteiger partial charge in [0.25, 0.3) is 0 Å². The number of nitrogens with one attached hydrogen (secondary N) is 1. The zero-order valence-electron chi connectivity index (χ0n) is 13.9. The van der Waals surface area contributed by atoms with E-state index in [0.29, 0.717) is 6.04 Å². The van der Waals surface area contributed by atoms with Crippen LogP contribution in [-0.2, 0) is 0 Å². The van der Waals surface area contributed by atoms with Crippen molar-refractivity contribution in [2.45, 2.75) is 39.7 Å². The number of nitrogens with zero attached hydrogens (tertiary/aromatic N) is 2. The number of hydrogen-bond donors (Lipinski definition) is 1. The molecule has 0 saturated carbocycles. The third kappa shape index (κ3) is 3.88. The highest BCUT2D eigenvalue weighted by molar-refractivity contribution is 7.21. The molecule has 3 nitrogen and oxygen atoms in total. The van der Waals surface area contributed by atoms with E-state index in [-0.39, 0.29) is 0 Å². The summed E-state index contributed by atoms with van der Waals surface area (Å²) in [7, 11) is 0. The van der Waals surface area contributed by atoms with Crippen LogP contribution in [0.1, 0.15) is 33.6 Å². The molecule has 2 heterocycles. The molecule has 23 heavy (non-hydrogen) atoms. The van der Waals surface area contributed by atoms with E-state index in [9.17, 15) is 0 Å². The fourth-order valence-corrected chi connectivity index (χ4v) is 3.61. The van der Waals surface area contributed by atoms with E-state index in [2.05, 4.69) is 66.4 Å². The molecule has 0 radical (unpaired) electrons. The van der Waals surface area contributed by atoms with Crippen LogP contribution in [0.2, 0.25) is 0 Å². The number of fused-ring (bicyclic) bond motifs is 1. The summed E-state index contributed by atoms with van der Waals surface area (Å²) in [6.07, 6.45) is 4.03. The monoisotopic (exact) mass is 325 g/mol. The molecule has 0 spiro atoms. The number of anilines is 1. The molecule has 0 bridgehead atoms. The molecule has 3 rings (SSSR count). The molecule has 1 atom stereocenters. The first kappa shape index (κ1) is 15.9. The minimum atomic E-state index is 0.413. The maximum Gasteiger partial charge on any atom is 0.138 e. The summed E-state index contributed by atoms with van der Waals surface area (Å²) in [5, 5.41) is 4.68. The van der Waals surface area contributed by atoms with Crippen LogP contribution < -0.4 is 5.32 Å². The van der Waals surface area contributed by atoms with Crippen molar-refractivity contribution < 1.29 is 0 Å². The molecule has 0 saturated heterocycles. The average molecular weight is 325 g/mol. The SMILES string of the molecule is CC(C)CCC(C)Nc1ncnc2sc(-c3ccccc3)cc12. The molecule has 120 valence electrons. The Morgan fingerprint density at radius 1 is 1.04 bits per heavy atom. The van der Waals surface area contributed by atoms with Gasteiger partial charge in [-0.1, -0.05) is 44.2 Å². The molecule has 0 amide bonds. The Kier molecular flexibility index (Phi) is 4.91. The number of hydrogen-bond acceptors (Lipinski definition) is 4. The summed E-state index contributed by atoms with van der Waals surface area (Å²) in [4.78, 5) is 11.2. The van der Waals surface area contributed by atoms with E-state index in [1.807, 2.05) is 6.07 Å². The maximum absolute atomic E-state index is 4.47. The van der Waals surface area contributed by atoms with Crippen molar-refractivity contribution in [3.8, 4) is 10.4 Å². The van der Waals surface area contributed by atoms with Gasteiger partial charge in [-0.25, -0.2) is 9.97 Å². The van der Waals surface area contributed by atoms with Gasteiger partial charge in [0.05, 0.1) is 5.39 Å². The first-order valence-corrected chi connectivity index (χ1v) is 9.01. The summed E-state index contributed by atoms with van der Waals surface area (Å²) in [5.41, 5.74) is 1.23. The first-order chi connectivity index (χ1) is 11.1. The van der Waals surface area contributed by atoms with Gasteiger partial charge in [0, 0.05) is 10.9 Å². The van der Waals surface area contributed by atoms with Gasteiger partial charge < -0.3 is 5.32 Å². The fraction of sp³-hybridized carbons (Fsp3) is 0.368. The molecule has 1 N–H and O–H groups in total. The molecule has 0 aliphatic rings. The summed E-state index contributed by atoms with van der Waals surface area (Å²) >= 11 is 1.72. The molecular weight excluding hydrogens is 302 g/mol. The summed E-state index contributed by atoms with van der Waals surface area (Å²) in [6.45, 7) is 6.75. The Morgan fingerprint density at radius 3 is 2.57 bits per heavy atom. The lowest BCUT2D eigenvalue weighted by Gasteiger charge is -2.15. The van der Waals surface area contributed by atoms with E-state index in [4.69, 9.17) is 0 Å². The largest absolute Gasteiger partial charge is 0.367 e. The van der Waals surface area contributed by atoms with Crippen LogP contribution >= 0.6 is 11.3 Å². The maximum atomic E-state index is 4.47. The molecular formula is C19H23N3S. The van der Waals surface area contributed by atoms with Crippen LogP contribution in [0.15, 0.2) is 42.7 Å². The zero-order valence-corrected chi connectivity index (χ0v) is 14.7. The van der Waals surface area contributed by atoms with Crippen LogP contribution in [0.25, 0.3) is 20.7 Å². The van der Waals surface area contributed by atoms with Gasteiger partial charge in [0.15, 0.2) is 0 Å².